The Kier molecular flexibility index (Phi) is 3.56. The summed E-state index contributed by atoms with van der Waals surface area (Å²) in [5.41, 5.74) is -1.80. The van der Waals surface area contributed by atoms with Gasteiger partial charge in [0.1, 0.15) is 11.3 Å². The van der Waals surface area contributed by atoms with Crippen LogP contribution < -0.4 is 5.32 Å². The topological polar surface area (TPSA) is 40.7 Å². The Morgan fingerprint density at radius 2 is 1.69 bits per heavy atom. The second-order valence-electron chi connectivity index (χ2n) is 6.05. The van der Waals surface area contributed by atoms with Crippen LogP contribution in [-0.4, -0.2) is 9.97 Å². The molecule has 0 aliphatic carbocycles. The van der Waals surface area contributed by atoms with Gasteiger partial charge in [0.2, 0.25) is 0 Å². The molecule has 2 heterocycles. The maximum absolute atomic E-state index is 13.3. The third kappa shape index (κ3) is 2.72. The minimum Gasteiger partial charge on any atom is -0.340 e. The number of benzene rings is 2. The van der Waals surface area contributed by atoms with Gasteiger partial charge in [-0.15, -0.1) is 0 Å². The van der Waals surface area contributed by atoms with Crippen molar-refractivity contribution in [2.75, 3.05) is 0 Å². The lowest BCUT2D eigenvalue weighted by Gasteiger charge is -2.11. The molecule has 0 spiro atoms. The maximum Gasteiger partial charge on any atom is 0.418 e. The number of aromatic nitrogens is 2. The molecular weight excluding hydrogens is 360 g/mol. The van der Waals surface area contributed by atoms with Crippen molar-refractivity contribution in [1.29, 1.82) is 0 Å². The highest BCUT2D eigenvalue weighted by atomic mass is 19.4. The zero-order valence-corrected chi connectivity index (χ0v) is 13.0. The number of halogens is 6. The largest absolute Gasteiger partial charge is 0.418 e. The predicted molar refractivity (Wildman–Crippen MR) is 81.2 cm³/mol. The Morgan fingerprint density at radius 3 is 2.38 bits per heavy atom. The molecule has 1 atom stereocenters. The van der Waals surface area contributed by atoms with Crippen LogP contribution in [0, 0.1) is 0 Å². The smallest absolute Gasteiger partial charge is 0.340 e. The first-order chi connectivity index (χ1) is 12.1. The van der Waals surface area contributed by atoms with Crippen molar-refractivity contribution in [2.45, 2.75) is 24.9 Å². The fraction of sp³-hybridized carbons (Fsp3) is 0.235. The van der Waals surface area contributed by atoms with Crippen LogP contribution in [0.15, 0.2) is 36.4 Å². The molecule has 1 aliphatic rings. The van der Waals surface area contributed by atoms with E-state index in [1.807, 2.05) is 12.1 Å². The molecule has 1 unspecified atom stereocenters. The molecule has 1 aliphatic heterocycles. The highest BCUT2D eigenvalue weighted by Crippen LogP contribution is 2.40. The molecule has 26 heavy (non-hydrogen) atoms. The van der Waals surface area contributed by atoms with Gasteiger partial charge < -0.3 is 4.98 Å². The van der Waals surface area contributed by atoms with Gasteiger partial charge in [-0.05, 0) is 23.3 Å². The number of fused-ring (bicyclic) bond motifs is 2. The van der Waals surface area contributed by atoms with Gasteiger partial charge in [-0.3, -0.25) is 5.32 Å². The summed E-state index contributed by atoms with van der Waals surface area (Å²) >= 11 is 0. The Bertz CT molecular complexity index is 986. The van der Waals surface area contributed by atoms with E-state index >= 15 is 0 Å². The molecule has 0 saturated carbocycles. The van der Waals surface area contributed by atoms with E-state index in [0.717, 1.165) is 11.1 Å². The average Bonchev–Trinajstić information content (AvgIpc) is 3.15. The molecule has 0 radical (unpaired) electrons. The van der Waals surface area contributed by atoms with Gasteiger partial charge in [0, 0.05) is 6.54 Å². The summed E-state index contributed by atoms with van der Waals surface area (Å²) in [6.45, 7) is 0.498. The zero-order chi connectivity index (χ0) is 18.7. The third-order valence-corrected chi connectivity index (χ3v) is 4.37. The number of alkyl halides is 6. The van der Waals surface area contributed by atoms with Gasteiger partial charge >= 0.3 is 12.4 Å². The molecule has 1 aromatic heterocycles. The summed E-state index contributed by atoms with van der Waals surface area (Å²) in [5, 5.41) is 3.11. The van der Waals surface area contributed by atoms with E-state index in [4.69, 9.17) is 0 Å². The number of hydrogen-bond donors (Lipinski definition) is 2. The molecule has 4 rings (SSSR count). The van der Waals surface area contributed by atoms with E-state index < -0.39 is 35.0 Å². The van der Waals surface area contributed by atoms with Crippen molar-refractivity contribution in [3.05, 3.63) is 64.5 Å². The van der Waals surface area contributed by atoms with Crippen molar-refractivity contribution in [1.82, 2.24) is 15.3 Å². The SMILES string of the molecule is FC(F)(F)c1cc(C(F)(F)F)c2nc(C3NCc4ccccc43)[nH]c2c1. The molecule has 9 heteroatoms. The lowest BCUT2D eigenvalue weighted by Crippen LogP contribution is -2.14. The van der Waals surface area contributed by atoms with Crippen molar-refractivity contribution < 1.29 is 26.3 Å². The summed E-state index contributed by atoms with van der Waals surface area (Å²) in [7, 11) is 0. The molecule has 0 bridgehead atoms. The molecular formula is C17H11F6N3. The fourth-order valence-electron chi connectivity index (χ4n) is 3.20. The first kappa shape index (κ1) is 16.9. The van der Waals surface area contributed by atoms with Crippen LogP contribution in [-0.2, 0) is 18.9 Å². The van der Waals surface area contributed by atoms with E-state index in [1.54, 1.807) is 12.1 Å². The highest BCUT2D eigenvalue weighted by Gasteiger charge is 2.39. The average molecular weight is 371 g/mol. The number of aromatic amines is 1. The standard InChI is InChI=1S/C17H11F6N3/c18-16(19,20)9-5-11(17(21,22)23)14-12(6-9)25-15(26-14)13-10-4-2-1-3-8(10)7-24-13/h1-6,13,24H,7H2,(H,25,26). The van der Waals surface area contributed by atoms with E-state index in [2.05, 4.69) is 15.3 Å². The first-order valence-corrected chi connectivity index (χ1v) is 7.64. The second kappa shape index (κ2) is 5.47. The predicted octanol–water partition coefficient (Wildman–Crippen LogP) is 4.79. The number of hydrogen-bond acceptors (Lipinski definition) is 2. The summed E-state index contributed by atoms with van der Waals surface area (Å²) in [6, 6.07) is 7.54. The minimum absolute atomic E-state index is 0.100. The molecule has 136 valence electrons. The van der Waals surface area contributed by atoms with Crippen LogP contribution in [0.5, 0.6) is 0 Å². The summed E-state index contributed by atoms with van der Waals surface area (Å²) < 4.78 is 78.7. The number of rotatable bonds is 1. The normalized spacial score (nSPS) is 17.7. The third-order valence-electron chi connectivity index (χ3n) is 4.37. The van der Waals surface area contributed by atoms with Crippen LogP contribution in [0.2, 0.25) is 0 Å². The monoisotopic (exact) mass is 371 g/mol. The quantitative estimate of drug-likeness (QED) is 0.604. The van der Waals surface area contributed by atoms with Crippen molar-refractivity contribution in [3.63, 3.8) is 0 Å². The Balaban J connectivity index is 1.90. The van der Waals surface area contributed by atoms with E-state index in [1.165, 1.54) is 0 Å². The summed E-state index contributed by atoms with van der Waals surface area (Å²) in [5.74, 6) is 0.148. The summed E-state index contributed by atoms with van der Waals surface area (Å²) in [4.78, 5) is 6.61. The van der Waals surface area contributed by atoms with Crippen LogP contribution in [0.1, 0.15) is 34.1 Å². The Labute approximate surface area is 143 Å². The van der Waals surface area contributed by atoms with E-state index in [0.29, 0.717) is 12.6 Å². The Morgan fingerprint density at radius 1 is 0.962 bits per heavy atom. The zero-order valence-electron chi connectivity index (χ0n) is 13.0. The molecule has 2 N–H and O–H groups in total. The van der Waals surface area contributed by atoms with Gasteiger partial charge in [0.05, 0.1) is 22.7 Å². The van der Waals surface area contributed by atoms with Crippen LogP contribution in [0.3, 0.4) is 0 Å². The minimum atomic E-state index is -4.95. The number of H-pyrrole nitrogens is 1. The molecule has 0 fully saturated rings. The highest BCUT2D eigenvalue weighted by molar-refractivity contribution is 5.81. The lowest BCUT2D eigenvalue weighted by atomic mass is 10.1. The van der Waals surface area contributed by atoms with E-state index in [-0.39, 0.29) is 17.4 Å². The lowest BCUT2D eigenvalue weighted by molar-refractivity contribution is -0.142. The molecule has 0 amide bonds. The molecule has 0 saturated heterocycles. The van der Waals surface area contributed by atoms with Gasteiger partial charge in [-0.1, -0.05) is 24.3 Å². The molecule has 3 nitrogen and oxygen atoms in total. The summed E-state index contributed by atoms with van der Waals surface area (Å²) in [6.07, 6.45) is -9.84. The van der Waals surface area contributed by atoms with Crippen LogP contribution in [0.25, 0.3) is 11.0 Å². The Hall–Kier alpha value is -2.55. The fourth-order valence-corrected chi connectivity index (χ4v) is 3.20. The van der Waals surface area contributed by atoms with Gasteiger partial charge in [0.15, 0.2) is 0 Å². The van der Waals surface area contributed by atoms with Crippen LogP contribution >= 0.6 is 0 Å². The first-order valence-electron chi connectivity index (χ1n) is 7.64. The molecule has 2 aromatic carbocycles. The van der Waals surface area contributed by atoms with E-state index in [9.17, 15) is 26.3 Å². The number of nitrogens with zero attached hydrogens (tertiary/aromatic N) is 1. The number of nitrogens with one attached hydrogen (secondary N) is 2. The van der Waals surface area contributed by atoms with Gasteiger partial charge in [-0.25, -0.2) is 4.98 Å². The van der Waals surface area contributed by atoms with Crippen LogP contribution in [0.4, 0.5) is 26.3 Å². The van der Waals surface area contributed by atoms with Crippen molar-refractivity contribution in [3.8, 4) is 0 Å². The number of imidazole rings is 1. The molecule has 3 aromatic rings. The second-order valence-corrected chi connectivity index (χ2v) is 6.05. The van der Waals surface area contributed by atoms with Gasteiger partial charge in [-0.2, -0.15) is 26.3 Å². The van der Waals surface area contributed by atoms with Crippen molar-refractivity contribution in [2.24, 2.45) is 0 Å². The van der Waals surface area contributed by atoms with Gasteiger partial charge in [0.25, 0.3) is 0 Å². The van der Waals surface area contributed by atoms with Crippen molar-refractivity contribution >= 4 is 11.0 Å². The maximum atomic E-state index is 13.3.